The summed E-state index contributed by atoms with van der Waals surface area (Å²) in [7, 11) is 0. The van der Waals surface area contributed by atoms with Gasteiger partial charge < -0.3 is 10.1 Å². The van der Waals surface area contributed by atoms with E-state index in [1.807, 2.05) is 0 Å². The normalized spacial score (nSPS) is 14.5. The van der Waals surface area contributed by atoms with Crippen LogP contribution in [0.4, 0.5) is 23.2 Å². The van der Waals surface area contributed by atoms with E-state index in [1.165, 1.54) is 18.3 Å². The second kappa shape index (κ2) is 9.44. The number of halogens is 4. The number of nitrogens with zero attached hydrogens (tertiary/aromatic N) is 1. The number of nitrogens with one attached hydrogen (secondary N) is 1. The van der Waals surface area contributed by atoms with Gasteiger partial charge in [-0.2, -0.15) is 13.2 Å². The van der Waals surface area contributed by atoms with Gasteiger partial charge in [-0.25, -0.2) is 4.39 Å². The number of hydrogen-bond donors (Lipinski definition) is 1. The number of amides is 1. The van der Waals surface area contributed by atoms with E-state index in [9.17, 15) is 22.4 Å². The van der Waals surface area contributed by atoms with Gasteiger partial charge in [-0.15, -0.1) is 0 Å². The molecule has 1 aliphatic carbocycles. The number of carbonyl (C=O) groups is 1. The standard InChI is InChI=1S/C26H24F4N2O2/c1-15(22-11-9-19(13-31-22)34-14-18-5-3-4-6-21(18)27)24-16(2)23(32-25(33)17-7-8-17)12-10-20(24)26(28,29)30/h3-6,9-13,15,17H,7-8,14H2,1-2H3,(H,32,33)/t15-/m0/s1. The highest BCUT2D eigenvalue weighted by Gasteiger charge is 2.37. The second-order valence-electron chi connectivity index (χ2n) is 8.48. The summed E-state index contributed by atoms with van der Waals surface area (Å²) in [6.07, 6.45) is -1.56. The van der Waals surface area contributed by atoms with E-state index >= 15 is 0 Å². The van der Waals surface area contributed by atoms with E-state index in [0.717, 1.165) is 18.9 Å². The molecule has 3 aromatic rings. The maximum Gasteiger partial charge on any atom is 0.416 e. The van der Waals surface area contributed by atoms with Crippen molar-refractivity contribution in [2.75, 3.05) is 5.32 Å². The van der Waals surface area contributed by atoms with Crippen LogP contribution >= 0.6 is 0 Å². The highest BCUT2D eigenvalue weighted by atomic mass is 19.4. The number of rotatable bonds is 7. The third-order valence-electron chi connectivity index (χ3n) is 6.01. The Kier molecular flexibility index (Phi) is 6.59. The Balaban J connectivity index is 1.58. The van der Waals surface area contributed by atoms with Crippen molar-refractivity contribution in [1.29, 1.82) is 0 Å². The summed E-state index contributed by atoms with van der Waals surface area (Å²) in [5.41, 5.74) is 0.833. The van der Waals surface area contributed by atoms with Crippen LogP contribution in [0.5, 0.6) is 5.75 Å². The Morgan fingerprint density at radius 3 is 2.50 bits per heavy atom. The molecule has 0 radical (unpaired) electrons. The van der Waals surface area contributed by atoms with Gasteiger partial charge in [-0.3, -0.25) is 9.78 Å². The van der Waals surface area contributed by atoms with Crippen molar-refractivity contribution in [1.82, 2.24) is 4.98 Å². The zero-order valence-corrected chi connectivity index (χ0v) is 18.7. The topological polar surface area (TPSA) is 51.2 Å². The number of alkyl halides is 3. The van der Waals surface area contributed by atoms with Crippen molar-refractivity contribution in [3.63, 3.8) is 0 Å². The minimum atomic E-state index is -4.56. The van der Waals surface area contributed by atoms with Crippen molar-refractivity contribution >= 4 is 11.6 Å². The van der Waals surface area contributed by atoms with Gasteiger partial charge in [0, 0.05) is 28.8 Å². The molecule has 1 heterocycles. The smallest absolute Gasteiger partial charge is 0.416 e. The summed E-state index contributed by atoms with van der Waals surface area (Å²) in [6.45, 7) is 3.23. The summed E-state index contributed by atoms with van der Waals surface area (Å²) < 4.78 is 60.9. The van der Waals surface area contributed by atoms with Crippen LogP contribution < -0.4 is 10.1 Å². The molecular weight excluding hydrogens is 448 g/mol. The van der Waals surface area contributed by atoms with Crippen molar-refractivity contribution < 1.29 is 27.1 Å². The average Bonchev–Trinajstić information content (AvgIpc) is 3.64. The fraction of sp³-hybridized carbons (Fsp3) is 0.308. The summed E-state index contributed by atoms with van der Waals surface area (Å²) in [5.74, 6) is -0.950. The van der Waals surface area contributed by atoms with E-state index in [-0.39, 0.29) is 29.8 Å². The molecule has 0 spiro atoms. The highest BCUT2D eigenvalue weighted by molar-refractivity contribution is 5.95. The minimum Gasteiger partial charge on any atom is -0.487 e. The molecule has 1 N–H and O–H groups in total. The monoisotopic (exact) mass is 472 g/mol. The molecule has 34 heavy (non-hydrogen) atoms. The first-order chi connectivity index (χ1) is 16.1. The molecule has 0 aliphatic heterocycles. The first-order valence-electron chi connectivity index (χ1n) is 11.0. The molecule has 1 amide bonds. The van der Waals surface area contributed by atoms with Crippen LogP contribution in [-0.4, -0.2) is 10.9 Å². The summed E-state index contributed by atoms with van der Waals surface area (Å²) in [4.78, 5) is 16.5. The van der Waals surface area contributed by atoms with Crippen molar-refractivity contribution in [2.24, 2.45) is 5.92 Å². The number of hydrogen-bond acceptors (Lipinski definition) is 3. The number of carbonyl (C=O) groups excluding carboxylic acids is 1. The summed E-state index contributed by atoms with van der Waals surface area (Å²) >= 11 is 0. The van der Waals surface area contributed by atoms with Crippen LogP contribution in [0.15, 0.2) is 54.7 Å². The van der Waals surface area contributed by atoms with Gasteiger partial charge in [0.05, 0.1) is 11.8 Å². The lowest BCUT2D eigenvalue weighted by Crippen LogP contribution is -2.18. The van der Waals surface area contributed by atoms with Crippen LogP contribution in [-0.2, 0) is 17.6 Å². The first kappa shape index (κ1) is 23.7. The van der Waals surface area contributed by atoms with Crippen LogP contribution in [0.1, 0.15) is 53.6 Å². The Bertz CT molecular complexity index is 1190. The molecule has 1 atom stereocenters. The van der Waals surface area contributed by atoms with Gasteiger partial charge in [0.2, 0.25) is 5.91 Å². The molecule has 0 bridgehead atoms. The molecule has 4 rings (SSSR count). The van der Waals surface area contributed by atoms with Gasteiger partial charge in [0.25, 0.3) is 0 Å². The molecule has 0 saturated heterocycles. The Morgan fingerprint density at radius 2 is 1.88 bits per heavy atom. The van der Waals surface area contributed by atoms with Crippen LogP contribution in [0, 0.1) is 18.7 Å². The summed E-state index contributed by atoms with van der Waals surface area (Å²) in [5, 5.41) is 2.77. The van der Waals surface area contributed by atoms with Crippen LogP contribution in [0.3, 0.4) is 0 Å². The quantitative estimate of drug-likeness (QED) is 0.393. The molecular formula is C26H24F4N2O2. The average molecular weight is 472 g/mol. The van der Waals surface area contributed by atoms with Crippen LogP contribution in [0.25, 0.3) is 0 Å². The fourth-order valence-corrected chi connectivity index (χ4v) is 3.91. The first-order valence-corrected chi connectivity index (χ1v) is 11.0. The van der Waals surface area contributed by atoms with E-state index in [1.54, 1.807) is 44.2 Å². The molecule has 1 saturated carbocycles. The molecule has 8 heteroatoms. The minimum absolute atomic E-state index is 0.00329. The van der Waals surface area contributed by atoms with Gasteiger partial charge in [0.1, 0.15) is 18.2 Å². The van der Waals surface area contributed by atoms with Gasteiger partial charge in [-0.1, -0.05) is 25.1 Å². The molecule has 1 aliphatic rings. The number of aromatic nitrogens is 1. The van der Waals surface area contributed by atoms with E-state index in [4.69, 9.17) is 4.74 Å². The zero-order chi connectivity index (χ0) is 24.5. The van der Waals surface area contributed by atoms with Gasteiger partial charge in [-0.05, 0) is 61.2 Å². The Hall–Kier alpha value is -3.42. The molecule has 1 aromatic heterocycles. The Labute approximate surface area is 195 Å². The number of benzene rings is 2. The largest absolute Gasteiger partial charge is 0.487 e. The van der Waals surface area contributed by atoms with Gasteiger partial charge in [0.15, 0.2) is 0 Å². The maximum atomic E-state index is 13.8. The van der Waals surface area contributed by atoms with E-state index < -0.39 is 17.7 Å². The molecule has 0 unspecified atom stereocenters. The Morgan fingerprint density at radius 1 is 1.15 bits per heavy atom. The van der Waals surface area contributed by atoms with Crippen molar-refractivity contribution in [3.05, 3.63) is 88.5 Å². The van der Waals surface area contributed by atoms with E-state index in [0.29, 0.717) is 28.3 Å². The SMILES string of the molecule is Cc1c(NC(=O)C2CC2)ccc(C(F)(F)F)c1[C@@H](C)c1ccc(OCc2ccccc2F)cn1. The third-order valence-corrected chi connectivity index (χ3v) is 6.01. The van der Waals surface area contributed by atoms with Crippen molar-refractivity contribution in [3.8, 4) is 5.75 Å². The lowest BCUT2D eigenvalue weighted by atomic mass is 9.87. The molecule has 1 fully saturated rings. The lowest BCUT2D eigenvalue weighted by Gasteiger charge is -2.23. The van der Waals surface area contributed by atoms with Gasteiger partial charge >= 0.3 is 6.18 Å². The molecule has 2 aromatic carbocycles. The van der Waals surface area contributed by atoms with E-state index in [2.05, 4.69) is 10.3 Å². The predicted molar refractivity (Wildman–Crippen MR) is 120 cm³/mol. The predicted octanol–water partition coefficient (Wildman–Crippen LogP) is 6.63. The second-order valence-corrected chi connectivity index (χ2v) is 8.48. The third kappa shape index (κ3) is 5.21. The number of ether oxygens (including phenoxy) is 1. The molecule has 178 valence electrons. The van der Waals surface area contributed by atoms with Crippen molar-refractivity contribution in [2.45, 2.75) is 45.4 Å². The fourth-order valence-electron chi connectivity index (χ4n) is 3.91. The lowest BCUT2D eigenvalue weighted by molar-refractivity contribution is -0.138. The van der Waals surface area contributed by atoms with Crippen LogP contribution in [0.2, 0.25) is 0 Å². The molecule has 4 nitrogen and oxygen atoms in total. The number of anilines is 1. The summed E-state index contributed by atoms with van der Waals surface area (Å²) in [6, 6.07) is 11.7. The zero-order valence-electron chi connectivity index (χ0n) is 18.7. The number of pyridine rings is 1. The maximum absolute atomic E-state index is 13.8. The highest BCUT2D eigenvalue weighted by Crippen LogP contribution is 2.41.